The van der Waals surface area contributed by atoms with Gasteiger partial charge >= 0.3 is 23.9 Å². The quantitative estimate of drug-likeness (QED) is 0.203. The molecule has 4 unspecified atom stereocenters. The van der Waals surface area contributed by atoms with Gasteiger partial charge in [0.1, 0.15) is 12.2 Å². The van der Waals surface area contributed by atoms with Gasteiger partial charge in [-0.15, -0.1) is 0 Å². The molecule has 0 aromatic rings. The lowest BCUT2D eigenvalue weighted by molar-refractivity contribution is -0.165. The van der Waals surface area contributed by atoms with Gasteiger partial charge in [0.05, 0.1) is 23.7 Å². The van der Waals surface area contributed by atoms with E-state index in [1.165, 1.54) is 0 Å². The fourth-order valence-electron chi connectivity index (χ4n) is 9.08. The van der Waals surface area contributed by atoms with Crippen molar-refractivity contribution in [3.63, 3.8) is 0 Å². The van der Waals surface area contributed by atoms with Gasteiger partial charge in [0, 0.05) is 0 Å². The van der Waals surface area contributed by atoms with Crippen molar-refractivity contribution in [2.24, 2.45) is 51.8 Å². The number of carbonyl (C=O) groups is 4. The lowest BCUT2D eigenvalue weighted by atomic mass is 9.60. The molecule has 8 nitrogen and oxygen atoms in total. The molecule has 0 bridgehead atoms. The number of carbonyl (C=O) groups excluding carboxylic acids is 2. The third kappa shape index (κ3) is 9.03. The van der Waals surface area contributed by atoms with E-state index in [4.69, 9.17) is 9.47 Å². The summed E-state index contributed by atoms with van der Waals surface area (Å²) >= 11 is 0. The van der Waals surface area contributed by atoms with Crippen LogP contribution in [0.15, 0.2) is 0 Å². The van der Waals surface area contributed by atoms with Crippen LogP contribution in [-0.2, 0) is 28.7 Å². The van der Waals surface area contributed by atoms with Crippen molar-refractivity contribution in [2.75, 3.05) is 0 Å². The van der Waals surface area contributed by atoms with Gasteiger partial charge in [-0.2, -0.15) is 0 Å². The molecular weight excluding hydrogens is 572 g/mol. The zero-order valence-electron chi connectivity index (χ0n) is 28.8. The molecule has 45 heavy (non-hydrogen) atoms. The molecule has 0 spiro atoms. The van der Waals surface area contributed by atoms with E-state index in [2.05, 4.69) is 41.5 Å². The SMILES string of the molecule is CC1(C)CCC(C(=O)O)C(C(=O)OC2CCC(C(C)(C)C3CCC(OC(=O)C4CCC(C)(C)CCC4C(=O)O)CC3)CC2)CC1. The van der Waals surface area contributed by atoms with Crippen LogP contribution in [-0.4, -0.2) is 46.3 Å². The van der Waals surface area contributed by atoms with E-state index in [0.717, 1.165) is 77.0 Å². The smallest absolute Gasteiger partial charge is 0.310 e. The van der Waals surface area contributed by atoms with Gasteiger partial charge in [-0.05, 0) is 131 Å². The molecular formula is C37H60O8. The first-order valence-corrected chi connectivity index (χ1v) is 17.9. The molecule has 0 aromatic carbocycles. The first-order chi connectivity index (χ1) is 21.0. The van der Waals surface area contributed by atoms with Gasteiger partial charge in [0.25, 0.3) is 0 Å². The van der Waals surface area contributed by atoms with Crippen LogP contribution in [0.5, 0.6) is 0 Å². The van der Waals surface area contributed by atoms with Crippen LogP contribution in [0.1, 0.15) is 144 Å². The van der Waals surface area contributed by atoms with Crippen LogP contribution in [0.4, 0.5) is 0 Å². The average molecular weight is 633 g/mol. The predicted octanol–water partition coefficient (Wildman–Crippen LogP) is 8.05. The van der Waals surface area contributed by atoms with Gasteiger partial charge in [-0.1, -0.05) is 41.5 Å². The Balaban J connectivity index is 1.25. The van der Waals surface area contributed by atoms with E-state index >= 15 is 0 Å². The molecule has 4 rings (SSSR count). The highest BCUT2D eigenvalue weighted by Gasteiger charge is 2.45. The van der Waals surface area contributed by atoms with Gasteiger partial charge in [0.15, 0.2) is 0 Å². The highest BCUT2D eigenvalue weighted by atomic mass is 16.5. The maximum atomic E-state index is 13.2. The summed E-state index contributed by atoms with van der Waals surface area (Å²) in [5, 5.41) is 19.7. The Morgan fingerprint density at radius 2 is 0.800 bits per heavy atom. The number of ether oxygens (including phenoxy) is 2. The lowest BCUT2D eigenvalue weighted by Gasteiger charge is -2.46. The van der Waals surface area contributed by atoms with E-state index in [9.17, 15) is 29.4 Å². The second-order valence-corrected chi connectivity index (χ2v) is 17.2. The summed E-state index contributed by atoms with van der Waals surface area (Å²) in [6.07, 6.45) is 12.3. The van der Waals surface area contributed by atoms with E-state index < -0.39 is 35.6 Å². The van der Waals surface area contributed by atoms with Gasteiger partial charge in [-0.3, -0.25) is 19.2 Å². The summed E-state index contributed by atoms with van der Waals surface area (Å²) in [5.41, 5.74) is 0.193. The number of aliphatic carboxylic acids is 2. The summed E-state index contributed by atoms with van der Waals surface area (Å²) in [6, 6.07) is 0. The van der Waals surface area contributed by atoms with Crippen molar-refractivity contribution >= 4 is 23.9 Å². The molecule has 0 radical (unpaired) electrons. The van der Waals surface area contributed by atoms with Gasteiger partial charge < -0.3 is 19.7 Å². The second kappa shape index (κ2) is 14.3. The van der Waals surface area contributed by atoms with Crippen LogP contribution < -0.4 is 0 Å². The first kappa shape index (κ1) is 35.7. The number of esters is 2. The predicted molar refractivity (Wildman–Crippen MR) is 171 cm³/mol. The van der Waals surface area contributed by atoms with Crippen LogP contribution in [0.25, 0.3) is 0 Å². The second-order valence-electron chi connectivity index (χ2n) is 17.2. The third-order valence-corrected chi connectivity index (χ3v) is 12.8. The van der Waals surface area contributed by atoms with Gasteiger partial charge in [0.2, 0.25) is 0 Å². The zero-order chi connectivity index (χ0) is 33.2. The number of hydrogen-bond acceptors (Lipinski definition) is 6. The van der Waals surface area contributed by atoms with Crippen LogP contribution in [0.2, 0.25) is 0 Å². The number of carboxylic acid groups (broad SMARTS) is 2. The largest absolute Gasteiger partial charge is 0.481 e. The molecule has 4 fully saturated rings. The fourth-order valence-corrected chi connectivity index (χ4v) is 9.08. The van der Waals surface area contributed by atoms with Crippen LogP contribution >= 0.6 is 0 Å². The zero-order valence-corrected chi connectivity index (χ0v) is 28.8. The van der Waals surface area contributed by atoms with Crippen molar-refractivity contribution in [2.45, 2.75) is 156 Å². The molecule has 4 saturated carbocycles. The highest BCUT2D eigenvalue weighted by molar-refractivity contribution is 5.82. The molecule has 4 aliphatic carbocycles. The molecule has 0 aromatic heterocycles. The maximum Gasteiger partial charge on any atom is 0.310 e. The minimum atomic E-state index is -0.887. The minimum absolute atomic E-state index is 0.0445. The van der Waals surface area contributed by atoms with Crippen molar-refractivity contribution in [1.29, 1.82) is 0 Å². The van der Waals surface area contributed by atoms with Crippen molar-refractivity contribution in [3.05, 3.63) is 0 Å². The number of rotatable bonds is 8. The van der Waals surface area contributed by atoms with Gasteiger partial charge in [-0.25, -0.2) is 0 Å². The number of hydrogen-bond donors (Lipinski definition) is 2. The minimum Gasteiger partial charge on any atom is -0.481 e. The highest BCUT2D eigenvalue weighted by Crippen LogP contribution is 2.49. The molecule has 4 aliphatic rings. The molecule has 0 heterocycles. The first-order valence-electron chi connectivity index (χ1n) is 17.9. The Morgan fingerprint density at radius 3 is 1.09 bits per heavy atom. The third-order valence-electron chi connectivity index (χ3n) is 12.8. The lowest BCUT2D eigenvalue weighted by Crippen LogP contribution is -2.40. The standard InChI is InChI=1S/C37H60O8/c1-35(2)19-15-27(31(38)39)29(17-21-35)33(42)44-25-11-7-23(8-12-25)37(5,6)24-9-13-26(14-10-24)45-34(43)30-18-22-36(3,4)20-16-28(30)32(40)41/h23-30H,7-22H2,1-6H3,(H,38,39)(H,40,41). The van der Waals surface area contributed by atoms with E-state index in [-0.39, 0.29) is 40.4 Å². The Bertz CT molecular complexity index is 978. The normalized spacial score (nSPS) is 35.7. The molecule has 2 N–H and O–H groups in total. The Morgan fingerprint density at radius 1 is 0.511 bits per heavy atom. The molecule has 0 saturated heterocycles. The summed E-state index contributed by atoms with van der Waals surface area (Å²) < 4.78 is 12.0. The van der Waals surface area contributed by atoms with E-state index in [0.29, 0.717) is 37.5 Å². The summed E-state index contributed by atoms with van der Waals surface area (Å²) in [7, 11) is 0. The molecule has 256 valence electrons. The van der Waals surface area contributed by atoms with E-state index in [1.54, 1.807) is 0 Å². The summed E-state index contributed by atoms with van der Waals surface area (Å²) in [6.45, 7) is 13.3. The Labute approximate surface area is 270 Å². The van der Waals surface area contributed by atoms with Crippen LogP contribution in [0.3, 0.4) is 0 Å². The summed E-state index contributed by atoms with van der Waals surface area (Å²) in [5.74, 6) is -3.86. The maximum absolute atomic E-state index is 13.2. The van der Waals surface area contributed by atoms with Crippen LogP contribution in [0, 0.1) is 51.8 Å². The average Bonchev–Trinajstić information content (AvgIpc) is 3.23. The topological polar surface area (TPSA) is 127 Å². The summed E-state index contributed by atoms with van der Waals surface area (Å²) in [4.78, 5) is 50.4. The molecule has 0 aliphatic heterocycles. The Kier molecular flexibility index (Phi) is 11.4. The van der Waals surface area contributed by atoms with Crippen molar-refractivity contribution < 1.29 is 38.9 Å². The number of carboxylic acids is 2. The van der Waals surface area contributed by atoms with Crippen molar-refractivity contribution in [3.8, 4) is 0 Å². The fraction of sp³-hybridized carbons (Fsp3) is 0.892. The molecule has 0 amide bonds. The van der Waals surface area contributed by atoms with E-state index in [1.807, 2.05) is 0 Å². The monoisotopic (exact) mass is 632 g/mol. The van der Waals surface area contributed by atoms with Crippen molar-refractivity contribution in [1.82, 2.24) is 0 Å². The Hall–Kier alpha value is -2.12. The molecule has 8 heteroatoms. The molecule has 4 atom stereocenters.